The molecule has 0 N–H and O–H groups in total. The van der Waals surface area contributed by atoms with Crippen LogP contribution in [-0.2, 0) is 4.79 Å². The highest BCUT2D eigenvalue weighted by Gasteiger charge is 2.37. The lowest BCUT2D eigenvalue weighted by Gasteiger charge is -2.42. The van der Waals surface area contributed by atoms with Crippen molar-refractivity contribution in [1.29, 1.82) is 0 Å². The smallest absolute Gasteiger partial charge is 0.275 e. The molecule has 0 saturated carbocycles. The number of oxazole rings is 1. The number of carbonyl (C=O) groups excluding carboxylic acids is 2. The van der Waals surface area contributed by atoms with Gasteiger partial charge in [-0.1, -0.05) is 6.42 Å². The standard InChI is InChI=1S/C16H23N3O3/c1-11-17-14(10-22-11)16(21)18-8-6-15-13(9-18)5-3-4-7-19(15)12(2)20/h10,13,15H,3-9H2,1-2H3/t13-,15+/m0/s1. The van der Waals surface area contributed by atoms with E-state index < -0.39 is 0 Å². The molecule has 2 saturated heterocycles. The molecule has 22 heavy (non-hydrogen) atoms. The van der Waals surface area contributed by atoms with Crippen molar-refractivity contribution in [3.8, 4) is 0 Å². The molecule has 2 aliphatic rings. The fourth-order valence-corrected chi connectivity index (χ4v) is 3.77. The Labute approximate surface area is 130 Å². The Morgan fingerprint density at radius 2 is 2.09 bits per heavy atom. The average Bonchev–Trinajstić information content (AvgIpc) is 2.81. The highest BCUT2D eigenvalue weighted by molar-refractivity contribution is 5.92. The zero-order valence-corrected chi connectivity index (χ0v) is 13.2. The van der Waals surface area contributed by atoms with E-state index in [2.05, 4.69) is 4.98 Å². The van der Waals surface area contributed by atoms with Crippen molar-refractivity contribution in [1.82, 2.24) is 14.8 Å². The molecule has 6 heteroatoms. The van der Waals surface area contributed by atoms with Gasteiger partial charge in [-0.3, -0.25) is 9.59 Å². The SMILES string of the molecule is CC(=O)N1CCCC[C@H]2CN(C(=O)c3coc(C)n3)CC[C@H]21. The first-order valence-electron chi connectivity index (χ1n) is 8.05. The summed E-state index contributed by atoms with van der Waals surface area (Å²) in [5, 5.41) is 0. The van der Waals surface area contributed by atoms with E-state index in [4.69, 9.17) is 4.42 Å². The second-order valence-corrected chi connectivity index (χ2v) is 6.33. The van der Waals surface area contributed by atoms with Crippen LogP contribution in [0, 0.1) is 12.8 Å². The number of nitrogens with zero attached hydrogens (tertiary/aromatic N) is 3. The molecule has 2 aliphatic heterocycles. The highest BCUT2D eigenvalue weighted by atomic mass is 16.3. The van der Waals surface area contributed by atoms with Crippen LogP contribution in [-0.4, -0.2) is 52.3 Å². The van der Waals surface area contributed by atoms with Gasteiger partial charge in [0.25, 0.3) is 5.91 Å². The van der Waals surface area contributed by atoms with Crippen LogP contribution < -0.4 is 0 Å². The molecular formula is C16H23N3O3. The number of fused-ring (bicyclic) bond motifs is 1. The minimum Gasteiger partial charge on any atom is -0.448 e. The van der Waals surface area contributed by atoms with Crippen molar-refractivity contribution in [3.05, 3.63) is 17.8 Å². The highest BCUT2D eigenvalue weighted by Crippen LogP contribution is 2.30. The number of aryl methyl sites for hydroxylation is 1. The Kier molecular flexibility index (Phi) is 4.18. The predicted octanol–water partition coefficient (Wildman–Crippen LogP) is 1.85. The van der Waals surface area contributed by atoms with Crippen LogP contribution >= 0.6 is 0 Å². The minimum atomic E-state index is -0.0612. The van der Waals surface area contributed by atoms with E-state index in [-0.39, 0.29) is 17.9 Å². The summed E-state index contributed by atoms with van der Waals surface area (Å²) in [6.45, 7) is 5.62. The largest absolute Gasteiger partial charge is 0.448 e. The summed E-state index contributed by atoms with van der Waals surface area (Å²) in [4.78, 5) is 32.4. The maximum absolute atomic E-state index is 12.5. The third-order valence-corrected chi connectivity index (χ3v) is 4.85. The van der Waals surface area contributed by atoms with Gasteiger partial charge in [0.05, 0.1) is 0 Å². The molecule has 0 bridgehead atoms. The first kappa shape index (κ1) is 15.1. The first-order chi connectivity index (χ1) is 10.6. The number of aromatic nitrogens is 1. The number of carbonyl (C=O) groups is 2. The predicted molar refractivity (Wildman–Crippen MR) is 80.3 cm³/mol. The Bertz CT molecular complexity index is 569. The van der Waals surface area contributed by atoms with Crippen LogP contribution in [0.1, 0.15) is 49.0 Å². The molecule has 0 radical (unpaired) electrons. The van der Waals surface area contributed by atoms with Gasteiger partial charge in [0.2, 0.25) is 5.91 Å². The Hall–Kier alpha value is -1.85. The van der Waals surface area contributed by atoms with E-state index in [0.29, 0.717) is 30.6 Å². The second-order valence-electron chi connectivity index (χ2n) is 6.33. The Morgan fingerprint density at radius 3 is 2.77 bits per heavy atom. The summed E-state index contributed by atoms with van der Waals surface area (Å²) >= 11 is 0. The topological polar surface area (TPSA) is 66.7 Å². The van der Waals surface area contributed by atoms with Gasteiger partial charge in [-0.05, 0) is 25.2 Å². The monoisotopic (exact) mass is 305 g/mol. The van der Waals surface area contributed by atoms with Crippen molar-refractivity contribution in [2.24, 2.45) is 5.92 Å². The van der Waals surface area contributed by atoms with Crippen LogP contribution in [0.15, 0.2) is 10.7 Å². The lowest BCUT2D eigenvalue weighted by Crippen LogP contribution is -2.53. The van der Waals surface area contributed by atoms with Gasteiger partial charge in [-0.25, -0.2) is 4.98 Å². The minimum absolute atomic E-state index is 0.0612. The van der Waals surface area contributed by atoms with Crippen LogP contribution in [0.3, 0.4) is 0 Å². The molecule has 1 aromatic heterocycles. The average molecular weight is 305 g/mol. The molecule has 1 aromatic rings. The van der Waals surface area contributed by atoms with E-state index in [9.17, 15) is 9.59 Å². The Morgan fingerprint density at radius 1 is 1.27 bits per heavy atom. The quantitative estimate of drug-likeness (QED) is 0.794. The van der Waals surface area contributed by atoms with E-state index in [1.165, 1.54) is 6.26 Å². The number of amides is 2. The fraction of sp³-hybridized carbons (Fsp3) is 0.688. The Balaban J connectivity index is 1.72. The molecule has 2 atom stereocenters. The molecule has 3 heterocycles. The number of rotatable bonds is 1. The number of piperidine rings is 1. The molecule has 0 unspecified atom stereocenters. The van der Waals surface area contributed by atoms with Crippen LogP contribution in [0.4, 0.5) is 0 Å². The summed E-state index contributed by atoms with van der Waals surface area (Å²) in [7, 11) is 0. The summed E-state index contributed by atoms with van der Waals surface area (Å²) < 4.78 is 5.14. The molecule has 0 spiro atoms. The van der Waals surface area contributed by atoms with Crippen molar-refractivity contribution < 1.29 is 14.0 Å². The molecule has 6 nitrogen and oxygen atoms in total. The molecule has 120 valence electrons. The molecule has 2 amide bonds. The van der Waals surface area contributed by atoms with E-state index in [0.717, 1.165) is 32.2 Å². The second kappa shape index (κ2) is 6.10. The zero-order chi connectivity index (χ0) is 15.7. The van der Waals surface area contributed by atoms with Gasteiger partial charge in [-0.15, -0.1) is 0 Å². The van der Waals surface area contributed by atoms with Crippen molar-refractivity contribution in [3.63, 3.8) is 0 Å². The van der Waals surface area contributed by atoms with Crippen LogP contribution in [0.25, 0.3) is 0 Å². The summed E-state index contributed by atoms with van der Waals surface area (Å²) in [6, 6.07) is 0.281. The van der Waals surface area contributed by atoms with E-state index >= 15 is 0 Å². The van der Waals surface area contributed by atoms with Gasteiger partial charge in [0, 0.05) is 39.5 Å². The third kappa shape index (κ3) is 2.87. The fourth-order valence-electron chi connectivity index (χ4n) is 3.77. The maximum Gasteiger partial charge on any atom is 0.275 e. The lowest BCUT2D eigenvalue weighted by molar-refractivity contribution is -0.132. The van der Waals surface area contributed by atoms with Gasteiger partial charge >= 0.3 is 0 Å². The van der Waals surface area contributed by atoms with Gasteiger partial charge in [0.1, 0.15) is 6.26 Å². The summed E-state index contributed by atoms with van der Waals surface area (Å²) in [6.07, 6.45) is 5.54. The van der Waals surface area contributed by atoms with Crippen molar-refractivity contribution >= 4 is 11.8 Å². The zero-order valence-electron chi connectivity index (χ0n) is 13.2. The molecule has 2 fully saturated rings. The molecule has 0 aliphatic carbocycles. The van der Waals surface area contributed by atoms with Crippen LogP contribution in [0.2, 0.25) is 0 Å². The number of hydrogen-bond acceptors (Lipinski definition) is 4. The molecule has 0 aromatic carbocycles. The number of likely N-dealkylation sites (tertiary alicyclic amines) is 2. The van der Waals surface area contributed by atoms with Crippen molar-refractivity contribution in [2.45, 2.75) is 45.6 Å². The normalized spacial score (nSPS) is 25.5. The van der Waals surface area contributed by atoms with E-state index in [1.807, 2.05) is 9.80 Å². The van der Waals surface area contributed by atoms with Gasteiger partial charge in [-0.2, -0.15) is 0 Å². The number of hydrogen-bond donors (Lipinski definition) is 0. The lowest BCUT2D eigenvalue weighted by atomic mass is 9.88. The molecular weight excluding hydrogens is 282 g/mol. The van der Waals surface area contributed by atoms with Gasteiger partial charge in [0.15, 0.2) is 11.6 Å². The van der Waals surface area contributed by atoms with Gasteiger partial charge < -0.3 is 14.2 Å². The first-order valence-corrected chi connectivity index (χ1v) is 8.05. The third-order valence-electron chi connectivity index (χ3n) is 4.85. The summed E-state index contributed by atoms with van der Waals surface area (Å²) in [5.74, 6) is 0.977. The van der Waals surface area contributed by atoms with Crippen LogP contribution in [0.5, 0.6) is 0 Å². The maximum atomic E-state index is 12.5. The summed E-state index contributed by atoms with van der Waals surface area (Å²) in [5.41, 5.74) is 0.382. The van der Waals surface area contributed by atoms with Crippen molar-refractivity contribution in [2.75, 3.05) is 19.6 Å². The van der Waals surface area contributed by atoms with E-state index in [1.54, 1.807) is 13.8 Å². The molecule has 3 rings (SSSR count).